The zero-order chi connectivity index (χ0) is 14.6. The number of nitrogens with zero attached hydrogens (tertiary/aromatic N) is 1. The number of thiocarbonyl (C=S) groups is 1. The fourth-order valence-corrected chi connectivity index (χ4v) is 1.68. The number of amides is 1. The van der Waals surface area contributed by atoms with Crippen LogP contribution in [0.15, 0.2) is 18.2 Å². The summed E-state index contributed by atoms with van der Waals surface area (Å²) < 4.78 is 26.6. The van der Waals surface area contributed by atoms with E-state index < -0.39 is 17.5 Å². The third kappa shape index (κ3) is 3.96. The summed E-state index contributed by atoms with van der Waals surface area (Å²) in [5.41, 5.74) is 5.21. The van der Waals surface area contributed by atoms with Crippen LogP contribution < -0.4 is 5.73 Å². The number of carbonyl (C=O) groups is 1. The molecule has 0 aliphatic carbocycles. The van der Waals surface area contributed by atoms with Crippen molar-refractivity contribution in [3.8, 4) is 0 Å². The number of rotatable bonds is 5. The van der Waals surface area contributed by atoms with E-state index in [1.54, 1.807) is 13.8 Å². The van der Waals surface area contributed by atoms with E-state index in [-0.39, 0.29) is 23.0 Å². The molecule has 0 saturated heterocycles. The van der Waals surface area contributed by atoms with E-state index in [0.29, 0.717) is 6.54 Å². The number of halogens is 2. The molecule has 1 atom stereocenters. The van der Waals surface area contributed by atoms with Gasteiger partial charge < -0.3 is 10.6 Å². The minimum absolute atomic E-state index is 0.185. The summed E-state index contributed by atoms with van der Waals surface area (Å²) in [7, 11) is 0. The largest absolute Gasteiger partial charge is 0.393 e. The van der Waals surface area contributed by atoms with Crippen LogP contribution in [0.25, 0.3) is 0 Å². The van der Waals surface area contributed by atoms with Crippen molar-refractivity contribution in [2.45, 2.75) is 13.8 Å². The van der Waals surface area contributed by atoms with E-state index in [2.05, 4.69) is 0 Å². The smallest absolute Gasteiger partial charge is 0.256 e. The average Bonchev–Trinajstić information content (AvgIpc) is 2.37. The number of nitrogens with two attached hydrogens (primary N) is 1. The molecule has 2 N–H and O–H groups in total. The summed E-state index contributed by atoms with van der Waals surface area (Å²) in [6.45, 7) is 4.17. The molecule has 104 valence electrons. The second-order valence-corrected chi connectivity index (χ2v) is 4.74. The molecule has 19 heavy (non-hydrogen) atoms. The Labute approximate surface area is 116 Å². The van der Waals surface area contributed by atoms with Gasteiger partial charge in [-0.3, -0.25) is 4.79 Å². The maximum absolute atomic E-state index is 13.5. The lowest BCUT2D eigenvalue weighted by molar-refractivity contribution is 0.0749. The van der Waals surface area contributed by atoms with Crippen molar-refractivity contribution in [1.82, 2.24) is 4.90 Å². The van der Waals surface area contributed by atoms with Crippen molar-refractivity contribution >= 4 is 23.1 Å². The highest BCUT2D eigenvalue weighted by molar-refractivity contribution is 7.80. The number of benzene rings is 1. The fraction of sp³-hybridized carbons (Fsp3) is 0.385. The van der Waals surface area contributed by atoms with Crippen LogP contribution in [0.5, 0.6) is 0 Å². The standard InChI is InChI=1S/C13H16F2N2OS/c1-3-17(7-8(2)12(16)19)13(18)10-6-9(14)4-5-11(10)15/h4-6,8H,3,7H2,1-2H3,(H2,16,19). The number of hydrogen-bond donors (Lipinski definition) is 1. The van der Waals surface area contributed by atoms with Crippen LogP contribution in [-0.4, -0.2) is 28.9 Å². The molecule has 1 rings (SSSR count). The first kappa shape index (κ1) is 15.5. The highest BCUT2D eigenvalue weighted by atomic mass is 32.1. The molecule has 1 unspecified atom stereocenters. The van der Waals surface area contributed by atoms with Gasteiger partial charge in [-0.05, 0) is 25.1 Å². The molecule has 0 saturated carbocycles. The lowest BCUT2D eigenvalue weighted by Gasteiger charge is -2.24. The number of hydrogen-bond acceptors (Lipinski definition) is 2. The number of carbonyl (C=O) groups excluding carboxylic acids is 1. The first-order valence-corrected chi connectivity index (χ1v) is 6.31. The Hall–Kier alpha value is -1.56. The van der Waals surface area contributed by atoms with Crippen molar-refractivity contribution in [3.05, 3.63) is 35.4 Å². The molecule has 0 radical (unpaired) electrons. The molecule has 0 aliphatic heterocycles. The van der Waals surface area contributed by atoms with Gasteiger partial charge in [-0.15, -0.1) is 0 Å². The molecule has 0 bridgehead atoms. The summed E-state index contributed by atoms with van der Waals surface area (Å²) >= 11 is 4.84. The minimum atomic E-state index is -0.743. The Bertz CT molecular complexity index is 494. The second kappa shape index (κ2) is 6.56. The molecule has 1 aromatic carbocycles. The van der Waals surface area contributed by atoms with Crippen LogP contribution in [0.3, 0.4) is 0 Å². The maximum atomic E-state index is 13.5. The van der Waals surface area contributed by atoms with Crippen LogP contribution in [0.1, 0.15) is 24.2 Å². The van der Waals surface area contributed by atoms with Crippen molar-refractivity contribution in [2.75, 3.05) is 13.1 Å². The zero-order valence-electron chi connectivity index (χ0n) is 10.8. The van der Waals surface area contributed by atoms with Gasteiger partial charge in [0.15, 0.2) is 0 Å². The molecular formula is C13H16F2N2OS. The second-order valence-electron chi connectivity index (χ2n) is 4.27. The zero-order valence-corrected chi connectivity index (χ0v) is 11.6. The van der Waals surface area contributed by atoms with E-state index in [1.807, 2.05) is 0 Å². The lowest BCUT2D eigenvalue weighted by Crippen LogP contribution is -2.38. The Balaban J connectivity index is 2.95. The molecule has 6 heteroatoms. The van der Waals surface area contributed by atoms with E-state index in [4.69, 9.17) is 18.0 Å². The van der Waals surface area contributed by atoms with Gasteiger partial charge in [0.1, 0.15) is 11.6 Å². The molecule has 3 nitrogen and oxygen atoms in total. The van der Waals surface area contributed by atoms with Crippen LogP contribution in [-0.2, 0) is 0 Å². The van der Waals surface area contributed by atoms with Gasteiger partial charge in [0.2, 0.25) is 0 Å². The topological polar surface area (TPSA) is 46.3 Å². The van der Waals surface area contributed by atoms with Crippen molar-refractivity contribution in [3.63, 3.8) is 0 Å². The molecular weight excluding hydrogens is 270 g/mol. The minimum Gasteiger partial charge on any atom is -0.393 e. The van der Waals surface area contributed by atoms with Crippen LogP contribution in [0.2, 0.25) is 0 Å². The van der Waals surface area contributed by atoms with E-state index in [0.717, 1.165) is 18.2 Å². The fourth-order valence-electron chi connectivity index (χ4n) is 1.61. The molecule has 0 aromatic heterocycles. The summed E-state index contributed by atoms with van der Waals surface area (Å²) in [6, 6.07) is 2.80. The summed E-state index contributed by atoms with van der Waals surface area (Å²) in [5, 5.41) is 0. The lowest BCUT2D eigenvalue weighted by atomic mass is 10.1. The van der Waals surface area contributed by atoms with Crippen LogP contribution in [0.4, 0.5) is 8.78 Å². The third-order valence-corrected chi connectivity index (χ3v) is 3.21. The van der Waals surface area contributed by atoms with Crippen molar-refractivity contribution < 1.29 is 13.6 Å². The van der Waals surface area contributed by atoms with E-state index in [1.165, 1.54) is 4.90 Å². The molecule has 0 spiro atoms. The first-order chi connectivity index (χ1) is 8.86. The molecule has 1 aromatic rings. The van der Waals surface area contributed by atoms with Gasteiger partial charge in [0.05, 0.1) is 10.6 Å². The summed E-state index contributed by atoms with van der Waals surface area (Å²) in [6.07, 6.45) is 0. The van der Waals surface area contributed by atoms with Crippen molar-refractivity contribution in [1.29, 1.82) is 0 Å². The van der Waals surface area contributed by atoms with Crippen LogP contribution in [0, 0.1) is 17.6 Å². The maximum Gasteiger partial charge on any atom is 0.256 e. The monoisotopic (exact) mass is 286 g/mol. The van der Waals surface area contributed by atoms with E-state index in [9.17, 15) is 13.6 Å². The predicted octanol–water partition coefficient (Wildman–Crippen LogP) is 2.35. The Morgan fingerprint density at radius 2 is 2.11 bits per heavy atom. The SMILES string of the molecule is CCN(CC(C)C(N)=S)C(=O)c1cc(F)ccc1F. The van der Waals surface area contributed by atoms with Gasteiger partial charge in [-0.2, -0.15) is 0 Å². The quantitative estimate of drug-likeness (QED) is 0.845. The normalized spacial score (nSPS) is 12.0. The van der Waals surface area contributed by atoms with Gasteiger partial charge in [0.25, 0.3) is 5.91 Å². The molecule has 0 heterocycles. The van der Waals surface area contributed by atoms with Gasteiger partial charge in [0, 0.05) is 19.0 Å². The molecule has 0 aliphatic rings. The summed E-state index contributed by atoms with van der Waals surface area (Å²) in [4.78, 5) is 13.8. The highest BCUT2D eigenvalue weighted by Gasteiger charge is 2.21. The Morgan fingerprint density at radius 1 is 1.47 bits per heavy atom. The van der Waals surface area contributed by atoms with E-state index >= 15 is 0 Å². The van der Waals surface area contributed by atoms with Gasteiger partial charge in [-0.25, -0.2) is 8.78 Å². The van der Waals surface area contributed by atoms with Crippen molar-refractivity contribution in [2.24, 2.45) is 11.7 Å². The van der Waals surface area contributed by atoms with Gasteiger partial charge in [-0.1, -0.05) is 19.1 Å². The predicted molar refractivity (Wildman–Crippen MR) is 73.9 cm³/mol. The van der Waals surface area contributed by atoms with Gasteiger partial charge >= 0.3 is 0 Å². The Kier molecular flexibility index (Phi) is 5.35. The first-order valence-electron chi connectivity index (χ1n) is 5.90. The molecule has 1 amide bonds. The molecule has 0 fully saturated rings. The highest BCUT2D eigenvalue weighted by Crippen LogP contribution is 2.13. The summed E-state index contributed by atoms with van der Waals surface area (Å²) in [5.74, 6) is -2.14. The third-order valence-electron chi connectivity index (χ3n) is 2.81. The Morgan fingerprint density at radius 3 is 2.63 bits per heavy atom. The average molecular weight is 286 g/mol. The van der Waals surface area contributed by atoms with Crippen LogP contribution >= 0.6 is 12.2 Å².